The lowest BCUT2D eigenvalue weighted by Crippen LogP contribution is -2.47. The van der Waals surface area contributed by atoms with Crippen molar-refractivity contribution >= 4 is 46.2 Å². The summed E-state index contributed by atoms with van der Waals surface area (Å²) in [7, 11) is 2.32. The number of rotatable bonds is 2. The molecule has 9 nitrogen and oxygen atoms in total. The van der Waals surface area contributed by atoms with Crippen molar-refractivity contribution < 1.29 is 24.0 Å². The minimum absolute atomic E-state index is 0.0891. The van der Waals surface area contributed by atoms with E-state index in [1.165, 1.54) is 24.3 Å². The first-order chi connectivity index (χ1) is 10.9. The highest BCUT2D eigenvalue weighted by molar-refractivity contribution is 8.23. The van der Waals surface area contributed by atoms with Crippen molar-refractivity contribution in [3.63, 3.8) is 0 Å². The highest BCUT2D eigenvalue weighted by Crippen LogP contribution is 2.43. The zero-order chi connectivity index (χ0) is 17.1. The van der Waals surface area contributed by atoms with E-state index >= 15 is 0 Å². The van der Waals surface area contributed by atoms with E-state index in [4.69, 9.17) is 12.2 Å². The van der Waals surface area contributed by atoms with Crippen LogP contribution in [0.3, 0.4) is 0 Å². The van der Waals surface area contributed by atoms with Gasteiger partial charge >= 0.3 is 12.2 Å². The topological polar surface area (TPSA) is 102 Å². The molecule has 1 unspecified atom stereocenters. The van der Waals surface area contributed by atoms with Gasteiger partial charge in [-0.3, -0.25) is 10.1 Å². The number of thiocarbonyl (C=S) groups is 1. The van der Waals surface area contributed by atoms with Gasteiger partial charge in [-0.1, -0.05) is 24.0 Å². The first kappa shape index (κ1) is 17.0. The zero-order valence-corrected chi connectivity index (χ0v) is 13.6. The summed E-state index contributed by atoms with van der Waals surface area (Å²) in [5.74, 6) is 0. The third-order valence-electron chi connectivity index (χ3n) is 2.92. The molecule has 1 aliphatic rings. The lowest BCUT2D eigenvalue weighted by atomic mass is 10.2. The van der Waals surface area contributed by atoms with Crippen molar-refractivity contribution in [2.75, 3.05) is 14.2 Å². The van der Waals surface area contributed by atoms with Crippen LogP contribution in [0.2, 0.25) is 0 Å². The molecule has 0 N–H and O–H groups in total. The smallest absolute Gasteiger partial charge is 0.434 e. The van der Waals surface area contributed by atoms with Crippen LogP contribution in [0.15, 0.2) is 24.3 Å². The molecule has 1 saturated heterocycles. The Kier molecular flexibility index (Phi) is 5.01. The summed E-state index contributed by atoms with van der Waals surface area (Å²) in [4.78, 5) is 34.0. The first-order valence-corrected chi connectivity index (χ1v) is 7.39. The van der Waals surface area contributed by atoms with E-state index in [1.807, 2.05) is 0 Å². The predicted octanol–water partition coefficient (Wildman–Crippen LogP) is 2.68. The van der Waals surface area contributed by atoms with Crippen LogP contribution in [0.5, 0.6) is 0 Å². The highest BCUT2D eigenvalue weighted by Gasteiger charge is 2.45. The fraction of sp³-hybridized carbons (Fsp3) is 0.250. The Morgan fingerprint density at radius 2 is 1.78 bits per heavy atom. The monoisotopic (exact) mass is 357 g/mol. The van der Waals surface area contributed by atoms with E-state index in [0.29, 0.717) is 5.56 Å². The number of carbonyl (C=O) groups is 2. The van der Waals surface area contributed by atoms with Gasteiger partial charge in [-0.15, -0.1) is 0 Å². The Morgan fingerprint density at radius 3 is 2.26 bits per heavy atom. The largest absolute Gasteiger partial charge is 0.451 e. The molecule has 0 aromatic heterocycles. The Hall–Kier alpha value is -2.40. The first-order valence-electron chi connectivity index (χ1n) is 6.10. The SMILES string of the molecule is COC(=O)N1C(=S)SC(c2ccc([N+](=O)[O-])cc2)N1C(=O)OC. The van der Waals surface area contributed by atoms with Gasteiger partial charge in [0.1, 0.15) is 5.37 Å². The van der Waals surface area contributed by atoms with Gasteiger partial charge in [-0.2, -0.15) is 10.0 Å². The summed E-state index contributed by atoms with van der Waals surface area (Å²) in [5.41, 5.74) is 0.452. The van der Waals surface area contributed by atoms with Crippen molar-refractivity contribution in [3.05, 3.63) is 39.9 Å². The molecule has 1 heterocycles. The number of nitrogens with zero attached hydrogens (tertiary/aromatic N) is 3. The summed E-state index contributed by atoms with van der Waals surface area (Å²) in [6.07, 6.45) is -1.65. The number of thioether (sulfide) groups is 1. The second kappa shape index (κ2) is 6.79. The molecule has 1 fully saturated rings. The average Bonchev–Trinajstić information content (AvgIpc) is 2.90. The maximum atomic E-state index is 12.0. The Labute approximate surface area is 140 Å². The lowest BCUT2D eigenvalue weighted by molar-refractivity contribution is -0.384. The Bertz CT molecular complexity index is 665. The summed E-state index contributed by atoms with van der Waals surface area (Å²) >= 11 is 6.15. The predicted molar refractivity (Wildman–Crippen MR) is 84.5 cm³/mol. The molecular formula is C12H11N3O6S2. The number of hydrogen-bond acceptors (Lipinski definition) is 8. The molecule has 2 rings (SSSR count). The van der Waals surface area contributed by atoms with Gasteiger partial charge < -0.3 is 9.47 Å². The molecule has 0 bridgehead atoms. The minimum atomic E-state index is -0.836. The standard InChI is InChI=1S/C12H11N3O6S2/c1-20-10(16)13-9(23-12(22)14(13)11(17)21-2)7-3-5-8(6-4-7)15(18)19/h3-6,9H,1-2H3. The van der Waals surface area contributed by atoms with Crippen molar-refractivity contribution in [1.29, 1.82) is 0 Å². The number of nitro benzene ring substituents is 1. The average molecular weight is 357 g/mol. The molecule has 122 valence electrons. The molecule has 2 amide bonds. The lowest BCUT2D eigenvalue weighted by Gasteiger charge is -2.27. The van der Waals surface area contributed by atoms with E-state index in [1.54, 1.807) is 0 Å². The van der Waals surface area contributed by atoms with Crippen LogP contribution in [0, 0.1) is 10.1 Å². The Balaban J connectivity index is 2.39. The molecular weight excluding hydrogens is 346 g/mol. The van der Waals surface area contributed by atoms with Gasteiger partial charge in [0, 0.05) is 12.1 Å². The van der Waals surface area contributed by atoms with Gasteiger partial charge in [0.05, 0.1) is 19.1 Å². The van der Waals surface area contributed by atoms with Crippen LogP contribution in [0.1, 0.15) is 10.9 Å². The molecule has 0 aliphatic carbocycles. The molecule has 1 aliphatic heterocycles. The van der Waals surface area contributed by atoms with Crippen molar-refractivity contribution in [2.45, 2.75) is 5.37 Å². The number of hydrazine groups is 1. The second-order valence-corrected chi connectivity index (χ2v) is 5.90. The third kappa shape index (κ3) is 3.19. The summed E-state index contributed by atoms with van der Waals surface area (Å²) < 4.78 is 9.39. The van der Waals surface area contributed by atoms with Crippen LogP contribution >= 0.6 is 24.0 Å². The molecule has 1 atom stereocenters. The fourth-order valence-electron chi connectivity index (χ4n) is 1.88. The quantitative estimate of drug-likeness (QED) is 0.452. The molecule has 0 spiro atoms. The minimum Gasteiger partial charge on any atom is -0.451 e. The number of methoxy groups -OCH3 is 2. The third-order valence-corrected chi connectivity index (χ3v) is 4.45. The number of benzene rings is 1. The van der Waals surface area contributed by atoms with E-state index in [9.17, 15) is 19.7 Å². The van der Waals surface area contributed by atoms with Gasteiger partial charge in [-0.05, 0) is 17.7 Å². The molecule has 0 radical (unpaired) electrons. The summed E-state index contributed by atoms with van der Waals surface area (Å²) in [6.45, 7) is 0. The van der Waals surface area contributed by atoms with Gasteiger partial charge in [0.2, 0.25) is 0 Å². The van der Waals surface area contributed by atoms with Crippen LogP contribution < -0.4 is 0 Å². The maximum absolute atomic E-state index is 12.0. The number of hydrogen-bond donors (Lipinski definition) is 0. The van der Waals surface area contributed by atoms with Gasteiger partial charge in [-0.25, -0.2) is 9.59 Å². The van der Waals surface area contributed by atoms with Crippen molar-refractivity contribution in [2.24, 2.45) is 0 Å². The number of amides is 2. The molecule has 23 heavy (non-hydrogen) atoms. The van der Waals surface area contributed by atoms with Crippen LogP contribution in [-0.4, -0.2) is 45.7 Å². The number of non-ortho nitro benzene ring substituents is 1. The number of carbonyl (C=O) groups excluding carboxylic acids is 2. The van der Waals surface area contributed by atoms with E-state index in [2.05, 4.69) is 9.47 Å². The number of ether oxygens (including phenoxy) is 2. The van der Waals surface area contributed by atoms with E-state index < -0.39 is 22.5 Å². The Morgan fingerprint density at radius 1 is 1.22 bits per heavy atom. The van der Waals surface area contributed by atoms with Crippen molar-refractivity contribution in [1.82, 2.24) is 10.0 Å². The van der Waals surface area contributed by atoms with Gasteiger partial charge in [0.25, 0.3) is 5.69 Å². The van der Waals surface area contributed by atoms with Crippen LogP contribution in [-0.2, 0) is 9.47 Å². The zero-order valence-electron chi connectivity index (χ0n) is 12.0. The van der Waals surface area contributed by atoms with E-state index in [0.717, 1.165) is 36.0 Å². The summed E-state index contributed by atoms with van der Waals surface area (Å²) in [6, 6.07) is 5.56. The highest BCUT2D eigenvalue weighted by atomic mass is 32.2. The fourth-order valence-corrected chi connectivity index (χ4v) is 3.34. The molecule has 1 aromatic carbocycles. The summed E-state index contributed by atoms with van der Waals surface area (Å²) in [5, 5.41) is 11.9. The maximum Gasteiger partial charge on any atom is 0.434 e. The van der Waals surface area contributed by atoms with Crippen molar-refractivity contribution in [3.8, 4) is 0 Å². The molecule has 11 heteroatoms. The second-order valence-electron chi connectivity index (χ2n) is 4.18. The van der Waals surface area contributed by atoms with E-state index in [-0.39, 0.29) is 10.0 Å². The van der Waals surface area contributed by atoms with Crippen LogP contribution in [0.25, 0.3) is 0 Å². The number of nitro groups is 1. The molecule has 0 saturated carbocycles. The molecule has 1 aromatic rings. The van der Waals surface area contributed by atoms with Crippen LogP contribution in [0.4, 0.5) is 15.3 Å². The normalized spacial score (nSPS) is 17.1. The van der Waals surface area contributed by atoms with Gasteiger partial charge in [0.15, 0.2) is 4.32 Å².